The lowest BCUT2D eigenvalue weighted by molar-refractivity contribution is -0.143. The molecule has 3 nitrogen and oxygen atoms in total. The SMILES string of the molecule is CCOC(=O)C[C@@H](CC1CC1)c1cccc([OH2+])c1. The second kappa shape index (κ2) is 5.89. The summed E-state index contributed by atoms with van der Waals surface area (Å²) in [5, 5.41) is 7.67. The van der Waals surface area contributed by atoms with Crippen molar-refractivity contribution in [1.82, 2.24) is 0 Å². The maximum absolute atomic E-state index is 11.6. The molecule has 2 N–H and O–H groups in total. The summed E-state index contributed by atoms with van der Waals surface area (Å²) in [6.45, 7) is 2.27. The zero-order valence-electron chi connectivity index (χ0n) is 10.8. The molecule has 1 aliphatic carbocycles. The van der Waals surface area contributed by atoms with Gasteiger partial charge in [0.1, 0.15) is 0 Å². The van der Waals surface area contributed by atoms with Crippen LogP contribution in [0.25, 0.3) is 0 Å². The van der Waals surface area contributed by atoms with Crippen molar-refractivity contribution in [2.45, 2.75) is 38.5 Å². The van der Waals surface area contributed by atoms with Crippen LogP contribution in [0.3, 0.4) is 0 Å². The van der Waals surface area contributed by atoms with Gasteiger partial charge in [0.15, 0.2) is 0 Å². The third-order valence-corrected chi connectivity index (χ3v) is 3.39. The fraction of sp³-hybridized carbons (Fsp3) is 0.533. The Bertz CT molecular complexity index is 410. The van der Waals surface area contributed by atoms with E-state index >= 15 is 0 Å². The quantitative estimate of drug-likeness (QED) is 0.575. The van der Waals surface area contributed by atoms with Crippen molar-refractivity contribution in [1.29, 1.82) is 0 Å². The topological polar surface area (TPSA) is 49.2 Å². The predicted octanol–water partition coefficient (Wildman–Crippen LogP) is 2.96. The number of rotatable bonds is 6. The van der Waals surface area contributed by atoms with E-state index in [1.54, 1.807) is 6.07 Å². The summed E-state index contributed by atoms with van der Waals surface area (Å²) in [4.78, 5) is 11.6. The van der Waals surface area contributed by atoms with Gasteiger partial charge in [-0.2, -0.15) is 0 Å². The van der Waals surface area contributed by atoms with Crippen LogP contribution in [0.4, 0.5) is 0 Å². The first-order chi connectivity index (χ1) is 8.69. The first kappa shape index (κ1) is 12.9. The smallest absolute Gasteiger partial charge is 0.306 e. The first-order valence-electron chi connectivity index (χ1n) is 6.66. The Hall–Kier alpha value is -1.51. The molecule has 0 amide bonds. The van der Waals surface area contributed by atoms with Crippen molar-refractivity contribution in [3.05, 3.63) is 29.8 Å². The maximum atomic E-state index is 11.6. The average molecular weight is 249 g/mol. The lowest BCUT2D eigenvalue weighted by atomic mass is 9.90. The molecule has 98 valence electrons. The molecule has 1 fully saturated rings. The van der Waals surface area contributed by atoms with E-state index < -0.39 is 0 Å². The third kappa shape index (κ3) is 3.76. The minimum atomic E-state index is -0.126. The Kier molecular flexibility index (Phi) is 4.24. The van der Waals surface area contributed by atoms with Crippen molar-refractivity contribution in [2.75, 3.05) is 6.61 Å². The van der Waals surface area contributed by atoms with Crippen LogP contribution >= 0.6 is 0 Å². The van der Waals surface area contributed by atoms with Crippen LogP contribution in [0.2, 0.25) is 0 Å². The molecule has 0 aliphatic heterocycles. The number of ether oxygens (including phenoxy) is 1. The van der Waals surface area contributed by atoms with Gasteiger partial charge in [-0.05, 0) is 30.7 Å². The van der Waals surface area contributed by atoms with Crippen molar-refractivity contribution >= 4 is 5.97 Å². The van der Waals surface area contributed by atoms with E-state index in [4.69, 9.17) is 9.84 Å². The number of benzene rings is 1. The van der Waals surface area contributed by atoms with E-state index in [9.17, 15) is 4.79 Å². The number of carbonyl (C=O) groups excluding carboxylic acids is 1. The molecular weight excluding hydrogens is 228 g/mol. The van der Waals surface area contributed by atoms with E-state index in [0.717, 1.165) is 17.9 Å². The normalized spacial score (nSPS) is 16.3. The molecule has 0 bridgehead atoms. The molecule has 0 saturated heterocycles. The summed E-state index contributed by atoms with van der Waals surface area (Å²) in [6, 6.07) is 7.54. The Morgan fingerprint density at radius 3 is 2.89 bits per heavy atom. The lowest BCUT2D eigenvalue weighted by Gasteiger charge is -2.16. The van der Waals surface area contributed by atoms with E-state index in [-0.39, 0.29) is 11.9 Å². The van der Waals surface area contributed by atoms with Gasteiger partial charge < -0.3 is 9.84 Å². The highest BCUT2D eigenvalue weighted by Crippen LogP contribution is 2.40. The molecule has 1 atom stereocenters. The summed E-state index contributed by atoms with van der Waals surface area (Å²) in [7, 11) is 0. The molecule has 1 aromatic carbocycles. The number of hydrogen-bond acceptors (Lipinski definition) is 2. The van der Waals surface area contributed by atoms with Gasteiger partial charge in [0, 0.05) is 12.1 Å². The lowest BCUT2D eigenvalue weighted by Crippen LogP contribution is -2.11. The maximum Gasteiger partial charge on any atom is 0.306 e. The molecule has 1 saturated carbocycles. The van der Waals surface area contributed by atoms with Crippen molar-refractivity contribution in [2.24, 2.45) is 5.92 Å². The van der Waals surface area contributed by atoms with Crippen molar-refractivity contribution < 1.29 is 14.6 Å². The first-order valence-corrected chi connectivity index (χ1v) is 6.66. The van der Waals surface area contributed by atoms with Crippen LogP contribution in [-0.4, -0.2) is 17.7 Å². The van der Waals surface area contributed by atoms with Crippen LogP contribution in [0, 0.1) is 5.92 Å². The average Bonchev–Trinajstić information content (AvgIpc) is 3.12. The number of esters is 1. The highest BCUT2D eigenvalue weighted by atomic mass is 16.5. The summed E-state index contributed by atoms with van der Waals surface area (Å²) in [5.74, 6) is 1.36. The van der Waals surface area contributed by atoms with Gasteiger partial charge in [-0.15, -0.1) is 0 Å². The van der Waals surface area contributed by atoms with Gasteiger partial charge >= 0.3 is 5.97 Å². The molecule has 2 rings (SSSR count). The van der Waals surface area contributed by atoms with Gasteiger partial charge in [-0.1, -0.05) is 25.0 Å². The Labute approximate surface area is 108 Å². The van der Waals surface area contributed by atoms with Gasteiger partial charge in [0.25, 0.3) is 5.75 Å². The van der Waals surface area contributed by atoms with Crippen molar-refractivity contribution in [3.63, 3.8) is 0 Å². The standard InChI is InChI=1S/C15H20O3/c1-2-18-15(17)10-13(8-11-6-7-11)12-4-3-5-14(16)9-12/h3-5,9,11,13,16H,2,6-8,10H2,1H3/p+1/t13-/m1/s1. The van der Waals surface area contributed by atoms with Crippen LogP contribution in [-0.2, 0) is 9.53 Å². The molecule has 0 heterocycles. The van der Waals surface area contributed by atoms with E-state index in [0.29, 0.717) is 18.8 Å². The summed E-state index contributed by atoms with van der Waals surface area (Å²) >= 11 is 0. The summed E-state index contributed by atoms with van der Waals surface area (Å²) < 4.78 is 5.04. The minimum Gasteiger partial charge on any atom is -0.593 e. The monoisotopic (exact) mass is 249 g/mol. The highest BCUT2D eigenvalue weighted by Gasteiger charge is 2.28. The summed E-state index contributed by atoms with van der Waals surface area (Å²) in [5.41, 5.74) is 1.10. The van der Waals surface area contributed by atoms with Crippen LogP contribution in [0.15, 0.2) is 24.3 Å². The zero-order chi connectivity index (χ0) is 13.0. The third-order valence-electron chi connectivity index (χ3n) is 3.39. The summed E-state index contributed by atoms with van der Waals surface area (Å²) in [6.07, 6.45) is 4.04. The Balaban J connectivity index is 2.05. The molecule has 0 spiro atoms. The van der Waals surface area contributed by atoms with Gasteiger partial charge in [0.05, 0.1) is 13.0 Å². The highest BCUT2D eigenvalue weighted by molar-refractivity contribution is 5.70. The fourth-order valence-corrected chi connectivity index (χ4v) is 2.31. The van der Waals surface area contributed by atoms with Crippen LogP contribution in [0.5, 0.6) is 5.75 Å². The van der Waals surface area contributed by atoms with E-state index in [2.05, 4.69) is 0 Å². The van der Waals surface area contributed by atoms with Crippen LogP contribution < -0.4 is 0 Å². The number of hydrogen-bond donors (Lipinski definition) is 0. The Morgan fingerprint density at radius 1 is 1.50 bits per heavy atom. The van der Waals surface area contributed by atoms with Gasteiger partial charge in [0.2, 0.25) is 0 Å². The molecule has 0 radical (unpaired) electrons. The van der Waals surface area contributed by atoms with Gasteiger partial charge in [-0.25, -0.2) is 0 Å². The molecular formula is C15H21O3+. The second-order valence-corrected chi connectivity index (χ2v) is 5.01. The van der Waals surface area contributed by atoms with Gasteiger partial charge in [-0.3, -0.25) is 4.79 Å². The molecule has 1 aliphatic rings. The van der Waals surface area contributed by atoms with Crippen molar-refractivity contribution in [3.8, 4) is 5.75 Å². The molecule has 18 heavy (non-hydrogen) atoms. The largest absolute Gasteiger partial charge is 0.593 e. The molecule has 0 unspecified atom stereocenters. The minimum absolute atomic E-state index is 0.126. The second-order valence-electron chi connectivity index (χ2n) is 5.01. The molecule has 0 aromatic heterocycles. The van der Waals surface area contributed by atoms with E-state index in [1.165, 1.54) is 12.8 Å². The Morgan fingerprint density at radius 2 is 2.28 bits per heavy atom. The zero-order valence-corrected chi connectivity index (χ0v) is 10.8. The van der Waals surface area contributed by atoms with Crippen LogP contribution in [0.1, 0.15) is 44.1 Å². The molecule has 1 aromatic rings. The fourth-order valence-electron chi connectivity index (χ4n) is 2.31. The number of carbonyl (C=O) groups is 1. The van der Waals surface area contributed by atoms with E-state index in [1.807, 2.05) is 25.1 Å². The molecule has 3 heteroatoms. The predicted molar refractivity (Wildman–Crippen MR) is 70.8 cm³/mol.